The molecule has 168 valence electrons. The third-order valence-corrected chi connectivity index (χ3v) is 3.96. The van der Waals surface area contributed by atoms with Crippen LogP contribution in [0.3, 0.4) is 0 Å². The molecule has 1 amide bonds. The Morgan fingerprint density at radius 2 is 1.88 bits per heavy atom. The van der Waals surface area contributed by atoms with E-state index in [9.17, 15) is 28.0 Å². The number of esters is 1. The number of ether oxygens (including phenoxy) is 3. The number of hydrogen-bond donors (Lipinski definition) is 1. The van der Waals surface area contributed by atoms with E-state index in [1.165, 1.54) is 37.5 Å². The molecule has 0 saturated carbocycles. The number of hydrogen-bond acceptors (Lipinski definition) is 6. The molecule has 10 heteroatoms. The van der Waals surface area contributed by atoms with Crippen LogP contribution in [0.15, 0.2) is 48.0 Å². The van der Waals surface area contributed by atoms with Gasteiger partial charge in [0.2, 0.25) is 0 Å². The number of alkyl halides is 3. The van der Waals surface area contributed by atoms with Crippen molar-refractivity contribution in [2.75, 3.05) is 25.6 Å². The van der Waals surface area contributed by atoms with Crippen molar-refractivity contribution in [3.8, 4) is 17.6 Å². The summed E-state index contributed by atoms with van der Waals surface area (Å²) in [5.74, 6) is -0.952. The Morgan fingerprint density at radius 3 is 2.50 bits per heavy atom. The minimum atomic E-state index is -4.57. The molecule has 0 bridgehead atoms. The monoisotopic (exact) mass is 448 g/mol. The van der Waals surface area contributed by atoms with Crippen molar-refractivity contribution in [3.63, 3.8) is 0 Å². The zero-order chi connectivity index (χ0) is 23.7. The first-order chi connectivity index (χ1) is 15.2. The predicted molar refractivity (Wildman–Crippen MR) is 109 cm³/mol. The van der Waals surface area contributed by atoms with Gasteiger partial charge in [-0.3, -0.25) is 4.79 Å². The summed E-state index contributed by atoms with van der Waals surface area (Å²) in [6.07, 6.45) is -3.32. The Bertz CT molecular complexity index is 1060. The molecule has 0 saturated heterocycles. The van der Waals surface area contributed by atoms with Crippen LogP contribution in [0.25, 0.3) is 6.08 Å². The average molecular weight is 448 g/mol. The molecule has 0 spiro atoms. The van der Waals surface area contributed by atoms with Gasteiger partial charge < -0.3 is 19.5 Å². The van der Waals surface area contributed by atoms with E-state index in [2.05, 4.69) is 10.1 Å². The molecule has 0 aliphatic heterocycles. The maximum absolute atomic E-state index is 12.8. The molecule has 2 rings (SSSR count). The fourth-order valence-corrected chi connectivity index (χ4v) is 2.48. The van der Waals surface area contributed by atoms with Crippen molar-refractivity contribution in [1.29, 1.82) is 5.26 Å². The highest BCUT2D eigenvalue weighted by atomic mass is 19.4. The molecular weight excluding hydrogens is 429 g/mol. The number of nitriles is 1. The Morgan fingerprint density at radius 1 is 1.12 bits per heavy atom. The minimum absolute atomic E-state index is 0.104. The van der Waals surface area contributed by atoms with Gasteiger partial charge in [-0.2, -0.15) is 18.4 Å². The van der Waals surface area contributed by atoms with Gasteiger partial charge in [-0.1, -0.05) is 12.1 Å². The van der Waals surface area contributed by atoms with E-state index >= 15 is 0 Å². The summed E-state index contributed by atoms with van der Waals surface area (Å²) in [6.45, 7) is 1.67. The van der Waals surface area contributed by atoms with E-state index in [4.69, 9.17) is 9.47 Å². The highest BCUT2D eigenvalue weighted by Gasteiger charge is 2.30. The van der Waals surface area contributed by atoms with Gasteiger partial charge in [-0.25, -0.2) is 4.79 Å². The third kappa shape index (κ3) is 6.77. The number of benzene rings is 2. The zero-order valence-corrected chi connectivity index (χ0v) is 17.2. The zero-order valence-electron chi connectivity index (χ0n) is 17.2. The van der Waals surface area contributed by atoms with Gasteiger partial charge in [0.05, 0.1) is 19.3 Å². The first-order valence-corrected chi connectivity index (χ1v) is 9.24. The van der Waals surface area contributed by atoms with Crippen molar-refractivity contribution in [1.82, 2.24) is 0 Å². The number of nitrogens with one attached hydrogen (secondary N) is 1. The van der Waals surface area contributed by atoms with E-state index in [1.807, 2.05) is 0 Å². The van der Waals surface area contributed by atoms with Crippen LogP contribution in [0.2, 0.25) is 0 Å². The van der Waals surface area contributed by atoms with Crippen LogP contribution in [0.5, 0.6) is 11.5 Å². The van der Waals surface area contributed by atoms with E-state index in [-0.39, 0.29) is 36.0 Å². The standard InChI is InChI=1S/C22H19F3N2O5/c1-3-31-19-10-14(7-8-18(19)32-13-20(28)30-2)9-15(12-26)21(29)27-17-6-4-5-16(11-17)22(23,24)25/h4-11H,3,13H2,1-2H3,(H,27,29)/b15-9-. The van der Waals surface area contributed by atoms with Gasteiger partial charge in [-0.05, 0) is 48.9 Å². The smallest absolute Gasteiger partial charge is 0.416 e. The lowest BCUT2D eigenvalue weighted by molar-refractivity contribution is -0.143. The van der Waals surface area contributed by atoms with Gasteiger partial charge in [0.1, 0.15) is 11.6 Å². The minimum Gasteiger partial charge on any atom is -0.490 e. The second-order valence-corrected chi connectivity index (χ2v) is 6.21. The van der Waals surface area contributed by atoms with Gasteiger partial charge in [0.25, 0.3) is 5.91 Å². The summed E-state index contributed by atoms with van der Waals surface area (Å²) >= 11 is 0. The molecule has 0 heterocycles. The molecule has 0 unspecified atom stereocenters. The van der Waals surface area contributed by atoms with E-state index in [1.54, 1.807) is 13.0 Å². The number of methoxy groups -OCH3 is 1. The van der Waals surface area contributed by atoms with Crippen molar-refractivity contribution in [3.05, 3.63) is 59.2 Å². The Labute approximate surface area is 182 Å². The molecule has 0 atom stereocenters. The number of nitrogens with zero attached hydrogens (tertiary/aromatic N) is 1. The number of rotatable bonds is 8. The van der Waals surface area contributed by atoms with E-state index in [0.29, 0.717) is 5.56 Å². The normalized spacial score (nSPS) is 11.3. The lowest BCUT2D eigenvalue weighted by atomic mass is 10.1. The van der Waals surface area contributed by atoms with Crippen molar-refractivity contribution in [2.24, 2.45) is 0 Å². The van der Waals surface area contributed by atoms with Crippen LogP contribution in [0.4, 0.5) is 18.9 Å². The van der Waals surface area contributed by atoms with Crippen LogP contribution < -0.4 is 14.8 Å². The van der Waals surface area contributed by atoms with Gasteiger partial charge in [0.15, 0.2) is 18.1 Å². The fourth-order valence-electron chi connectivity index (χ4n) is 2.48. The molecule has 0 radical (unpaired) electrons. The topological polar surface area (TPSA) is 97.6 Å². The van der Waals surface area contributed by atoms with Crippen molar-refractivity contribution < 1.29 is 37.0 Å². The molecule has 7 nitrogen and oxygen atoms in total. The first kappa shape index (κ1) is 24.3. The third-order valence-electron chi connectivity index (χ3n) is 3.96. The molecule has 2 aromatic carbocycles. The molecule has 32 heavy (non-hydrogen) atoms. The molecular formula is C22H19F3N2O5. The maximum Gasteiger partial charge on any atom is 0.416 e. The fraction of sp³-hybridized carbons (Fsp3) is 0.227. The van der Waals surface area contributed by atoms with Crippen molar-refractivity contribution in [2.45, 2.75) is 13.1 Å². The quantitative estimate of drug-likeness (QED) is 0.369. The molecule has 1 N–H and O–H groups in total. The number of halogens is 3. The summed E-state index contributed by atoms with van der Waals surface area (Å²) < 4.78 is 53.8. The number of carbonyl (C=O) groups excluding carboxylic acids is 2. The Hall–Kier alpha value is -4.00. The number of carbonyl (C=O) groups is 2. The number of anilines is 1. The average Bonchev–Trinajstić information content (AvgIpc) is 2.76. The van der Waals surface area contributed by atoms with Crippen LogP contribution in [0.1, 0.15) is 18.1 Å². The summed E-state index contributed by atoms with van der Waals surface area (Å²) in [6, 6.07) is 10.3. The van der Waals surface area contributed by atoms with Crippen molar-refractivity contribution >= 4 is 23.6 Å². The Kier molecular flexibility index (Phi) is 8.24. The van der Waals surface area contributed by atoms with Crippen LogP contribution >= 0.6 is 0 Å². The summed E-state index contributed by atoms with van der Waals surface area (Å²) in [4.78, 5) is 23.7. The second kappa shape index (κ2) is 10.9. The lowest BCUT2D eigenvalue weighted by Gasteiger charge is -2.12. The van der Waals surface area contributed by atoms with Crippen LogP contribution in [-0.2, 0) is 20.5 Å². The summed E-state index contributed by atoms with van der Waals surface area (Å²) in [5.41, 5.74) is -0.975. The first-order valence-electron chi connectivity index (χ1n) is 9.24. The molecule has 0 aliphatic rings. The van der Waals surface area contributed by atoms with Gasteiger partial charge in [0, 0.05) is 5.69 Å². The van der Waals surface area contributed by atoms with Gasteiger partial charge in [-0.15, -0.1) is 0 Å². The van der Waals surface area contributed by atoms with Crippen LogP contribution in [0, 0.1) is 11.3 Å². The highest BCUT2D eigenvalue weighted by molar-refractivity contribution is 6.09. The highest BCUT2D eigenvalue weighted by Crippen LogP contribution is 2.31. The lowest BCUT2D eigenvalue weighted by Crippen LogP contribution is -2.14. The molecule has 0 aromatic heterocycles. The van der Waals surface area contributed by atoms with Crippen LogP contribution in [-0.4, -0.2) is 32.2 Å². The summed E-state index contributed by atoms with van der Waals surface area (Å²) in [7, 11) is 1.22. The largest absolute Gasteiger partial charge is 0.490 e. The molecule has 0 aliphatic carbocycles. The SMILES string of the molecule is CCOc1cc(/C=C(/C#N)C(=O)Nc2cccc(C(F)(F)F)c2)ccc1OCC(=O)OC. The van der Waals surface area contributed by atoms with Gasteiger partial charge >= 0.3 is 12.1 Å². The number of amides is 1. The Balaban J connectivity index is 2.24. The summed E-state index contributed by atoms with van der Waals surface area (Å²) in [5, 5.41) is 11.6. The second-order valence-electron chi connectivity index (χ2n) is 6.21. The van der Waals surface area contributed by atoms with E-state index < -0.39 is 23.6 Å². The maximum atomic E-state index is 12.8. The van der Waals surface area contributed by atoms with E-state index in [0.717, 1.165) is 18.2 Å². The molecule has 2 aromatic rings. The molecule has 0 fully saturated rings. The predicted octanol–water partition coefficient (Wildman–Crippen LogP) is 4.20.